The summed E-state index contributed by atoms with van der Waals surface area (Å²) in [6.07, 6.45) is 4.14. The predicted octanol–water partition coefficient (Wildman–Crippen LogP) is 5.00. The molecule has 144 valence electrons. The number of aromatic amines is 1. The van der Waals surface area contributed by atoms with Crippen molar-refractivity contribution in [2.75, 3.05) is 0 Å². The molecule has 3 aromatic heterocycles. The summed E-state index contributed by atoms with van der Waals surface area (Å²) in [6.45, 7) is 5.97. The fourth-order valence-electron chi connectivity index (χ4n) is 2.93. The van der Waals surface area contributed by atoms with Gasteiger partial charge in [-0.3, -0.25) is 9.89 Å². The molecule has 0 spiro atoms. The summed E-state index contributed by atoms with van der Waals surface area (Å²) >= 11 is 11.4. The van der Waals surface area contributed by atoms with Gasteiger partial charge >= 0.3 is 0 Å². The monoisotopic (exact) mass is 477 g/mol. The maximum atomic E-state index is 12.4. The van der Waals surface area contributed by atoms with E-state index < -0.39 is 0 Å². The number of hydrogen-bond donors (Lipinski definition) is 1. The molecule has 0 aliphatic rings. The second-order valence-electron chi connectivity index (χ2n) is 7.47. The van der Waals surface area contributed by atoms with Crippen molar-refractivity contribution in [2.24, 2.45) is 0 Å². The van der Waals surface area contributed by atoms with Gasteiger partial charge in [-0.25, -0.2) is 0 Å². The molecule has 4 rings (SSSR count). The van der Waals surface area contributed by atoms with Crippen molar-refractivity contribution in [3.05, 3.63) is 61.0 Å². The van der Waals surface area contributed by atoms with E-state index in [0.717, 1.165) is 32.0 Å². The minimum absolute atomic E-state index is 0.0683. The molecule has 0 saturated heterocycles. The SMILES string of the molecule is CC(C)(C)n1cc(-c2nnc(Cc3ccc4[nH]ncc4c3Cl)s2)cc(Br)c1=O. The molecular formula is C19H17BrClN5OS. The molecule has 0 aliphatic carbocycles. The minimum Gasteiger partial charge on any atom is -0.309 e. The van der Waals surface area contributed by atoms with Gasteiger partial charge in [0.1, 0.15) is 10.0 Å². The van der Waals surface area contributed by atoms with E-state index in [1.807, 2.05) is 39.1 Å². The number of H-pyrrole nitrogens is 1. The second kappa shape index (κ2) is 7.09. The van der Waals surface area contributed by atoms with Crippen molar-refractivity contribution >= 4 is 49.8 Å². The fourth-order valence-corrected chi connectivity index (χ4v) is 4.49. The van der Waals surface area contributed by atoms with Crippen LogP contribution in [0.25, 0.3) is 21.5 Å². The number of halogens is 2. The molecule has 0 radical (unpaired) electrons. The average molecular weight is 479 g/mol. The van der Waals surface area contributed by atoms with Crippen LogP contribution in [0.2, 0.25) is 5.02 Å². The first-order valence-corrected chi connectivity index (χ1v) is 10.6. The van der Waals surface area contributed by atoms with Crippen LogP contribution in [0.4, 0.5) is 0 Å². The molecule has 0 unspecified atom stereocenters. The smallest absolute Gasteiger partial charge is 0.265 e. The van der Waals surface area contributed by atoms with Gasteiger partial charge in [-0.2, -0.15) is 5.10 Å². The molecule has 0 bridgehead atoms. The number of nitrogens with zero attached hydrogens (tertiary/aromatic N) is 4. The summed E-state index contributed by atoms with van der Waals surface area (Å²) in [4.78, 5) is 12.4. The number of aromatic nitrogens is 5. The van der Waals surface area contributed by atoms with Gasteiger partial charge in [0.05, 0.1) is 21.2 Å². The van der Waals surface area contributed by atoms with Gasteiger partial charge < -0.3 is 4.57 Å². The van der Waals surface area contributed by atoms with Crippen molar-refractivity contribution in [2.45, 2.75) is 32.7 Å². The summed E-state index contributed by atoms with van der Waals surface area (Å²) in [6, 6.07) is 5.72. The predicted molar refractivity (Wildman–Crippen MR) is 116 cm³/mol. The van der Waals surface area contributed by atoms with Crippen LogP contribution >= 0.6 is 38.9 Å². The molecule has 0 fully saturated rings. The lowest BCUT2D eigenvalue weighted by Crippen LogP contribution is -2.33. The normalized spacial score (nSPS) is 12.0. The van der Waals surface area contributed by atoms with E-state index in [4.69, 9.17) is 11.6 Å². The Hall–Kier alpha value is -2.03. The van der Waals surface area contributed by atoms with E-state index in [1.165, 1.54) is 11.3 Å². The van der Waals surface area contributed by atoms with Crippen molar-refractivity contribution < 1.29 is 0 Å². The quantitative estimate of drug-likeness (QED) is 0.449. The van der Waals surface area contributed by atoms with Crippen molar-refractivity contribution in [1.82, 2.24) is 25.0 Å². The maximum Gasteiger partial charge on any atom is 0.265 e. The zero-order valence-electron chi connectivity index (χ0n) is 15.5. The molecule has 28 heavy (non-hydrogen) atoms. The summed E-state index contributed by atoms with van der Waals surface area (Å²) in [5.41, 5.74) is 2.32. The number of pyridine rings is 1. The third-order valence-corrected chi connectivity index (χ3v) is 6.38. The number of nitrogens with one attached hydrogen (secondary N) is 1. The Kier molecular flexibility index (Phi) is 4.89. The third kappa shape index (κ3) is 3.52. The Morgan fingerprint density at radius 2 is 2.07 bits per heavy atom. The first kappa shape index (κ1) is 19.3. The van der Waals surface area contributed by atoms with Crippen LogP contribution in [0.5, 0.6) is 0 Å². The van der Waals surface area contributed by atoms with E-state index in [9.17, 15) is 4.79 Å². The van der Waals surface area contributed by atoms with Gasteiger partial charge in [-0.1, -0.05) is 29.0 Å². The van der Waals surface area contributed by atoms with E-state index in [1.54, 1.807) is 16.8 Å². The Morgan fingerprint density at radius 3 is 2.82 bits per heavy atom. The van der Waals surface area contributed by atoms with Crippen LogP contribution in [0.1, 0.15) is 31.3 Å². The van der Waals surface area contributed by atoms with Crippen LogP contribution in [0, 0.1) is 0 Å². The number of hydrogen-bond acceptors (Lipinski definition) is 5. The molecule has 3 heterocycles. The van der Waals surface area contributed by atoms with Crippen molar-refractivity contribution in [3.63, 3.8) is 0 Å². The van der Waals surface area contributed by atoms with Gasteiger partial charge in [0, 0.05) is 29.1 Å². The highest BCUT2D eigenvalue weighted by Gasteiger charge is 2.19. The molecule has 0 saturated carbocycles. The lowest BCUT2D eigenvalue weighted by molar-refractivity contribution is 0.383. The minimum atomic E-state index is -0.337. The van der Waals surface area contributed by atoms with E-state index in [0.29, 0.717) is 15.9 Å². The largest absolute Gasteiger partial charge is 0.309 e. The lowest BCUT2D eigenvalue weighted by Gasteiger charge is -2.23. The second-order valence-corrected chi connectivity index (χ2v) is 9.76. The standard InChI is InChI=1S/C19H17BrClN5OS/c1-19(2,3)26-9-11(6-13(20)18(26)27)17-25-24-15(28-17)7-10-4-5-14-12(16(10)21)8-22-23-14/h4-6,8-9H,7H2,1-3H3,(H,22,23). The lowest BCUT2D eigenvalue weighted by atomic mass is 10.1. The van der Waals surface area contributed by atoms with Gasteiger partial charge in [-0.05, 0) is 54.4 Å². The molecule has 0 aliphatic heterocycles. The molecule has 6 nitrogen and oxygen atoms in total. The summed E-state index contributed by atoms with van der Waals surface area (Å²) in [5.74, 6) is 0. The van der Waals surface area contributed by atoms with Gasteiger partial charge in [0.25, 0.3) is 5.56 Å². The van der Waals surface area contributed by atoms with Gasteiger partial charge in [0.15, 0.2) is 0 Å². The number of benzene rings is 1. The summed E-state index contributed by atoms with van der Waals surface area (Å²) < 4.78 is 2.21. The maximum absolute atomic E-state index is 12.4. The highest BCUT2D eigenvalue weighted by atomic mass is 79.9. The van der Waals surface area contributed by atoms with Crippen molar-refractivity contribution in [1.29, 1.82) is 0 Å². The molecule has 4 aromatic rings. The topological polar surface area (TPSA) is 76.5 Å². The average Bonchev–Trinajstić information content (AvgIpc) is 3.28. The highest BCUT2D eigenvalue weighted by Crippen LogP contribution is 2.31. The van der Waals surface area contributed by atoms with Crippen LogP contribution in [-0.4, -0.2) is 25.0 Å². The highest BCUT2D eigenvalue weighted by molar-refractivity contribution is 9.10. The molecular weight excluding hydrogens is 462 g/mol. The molecule has 1 N–H and O–H groups in total. The molecule has 0 atom stereocenters. The Labute approximate surface area is 178 Å². The molecule has 1 aromatic carbocycles. The summed E-state index contributed by atoms with van der Waals surface area (Å²) in [7, 11) is 0. The molecule has 9 heteroatoms. The first-order chi connectivity index (χ1) is 13.2. The van der Waals surface area contributed by atoms with Crippen LogP contribution in [0.15, 0.2) is 39.9 Å². The Bertz CT molecular complexity index is 1240. The van der Waals surface area contributed by atoms with E-state index in [-0.39, 0.29) is 11.1 Å². The van der Waals surface area contributed by atoms with Crippen LogP contribution < -0.4 is 5.56 Å². The third-order valence-electron chi connectivity index (χ3n) is 4.39. The zero-order chi connectivity index (χ0) is 20.1. The van der Waals surface area contributed by atoms with E-state index >= 15 is 0 Å². The van der Waals surface area contributed by atoms with Gasteiger partial charge in [0.2, 0.25) is 0 Å². The fraction of sp³-hybridized carbons (Fsp3) is 0.263. The number of rotatable bonds is 3. The van der Waals surface area contributed by atoms with Crippen LogP contribution in [-0.2, 0) is 12.0 Å². The Morgan fingerprint density at radius 1 is 1.29 bits per heavy atom. The van der Waals surface area contributed by atoms with Crippen LogP contribution in [0.3, 0.4) is 0 Å². The Balaban J connectivity index is 1.69. The first-order valence-electron chi connectivity index (χ1n) is 8.60. The van der Waals surface area contributed by atoms with E-state index in [2.05, 4.69) is 36.3 Å². The van der Waals surface area contributed by atoms with Crippen molar-refractivity contribution in [3.8, 4) is 10.6 Å². The zero-order valence-corrected chi connectivity index (χ0v) is 18.6. The van der Waals surface area contributed by atoms with Gasteiger partial charge in [-0.15, -0.1) is 10.2 Å². The molecule has 0 amide bonds. The summed E-state index contributed by atoms with van der Waals surface area (Å²) in [5, 5.41) is 18.8. The number of fused-ring (bicyclic) bond motifs is 1.